The van der Waals surface area contributed by atoms with Crippen LogP contribution in [0.3, 0.4) is 0 Å². The highest BCUT2D eigenvalue weighted by molar-refractivity contribution is 5.30. The average Bonchev–Trinajstić information content (AvgIpc) is 2.84. The second-order valence-electron chi connectivity index (χ2n) is 3.97. The molecule has 0 aliphatic rings. The number of H-pyrrole nitrogens is 1. The number of ether oxygens (including phenoxy) is 1. The van der Waals surface area contributed by atoms with Crippen molar-refractivity contribution in [2.45, 2.75) is 19.6 Å². The number of nitrogens with zero attached hydrogens (tertiary/aromatic N) is 3. The molecule has 0 saturated heterocycles. The van der Waals surface area contributed by atoms with E-state index in [1.165, 1.54) is 7.11 Å². The van der Waals surface area contributed by atoms with Crippen LogP contribution < -0.4 is 10.1 Å². The summed E-state index contributed by atoms with van der Waals surface area (Å²) < 4.78 is 42.1. The molecule has 2 aromatic rings. The maximum Gasteiger partial charge on any atom is 0.432 e. The molecule has 0 aliphatic heterocycles. The van der Waals surface area contributed by atoms with E-state index in [0.29, 0.717) is 11.6 Å². The van der Waals surface area contributed by atoms with Crippen molar-refractivity contribution >= 4 is 5.95 Å². The van der Waals surface area contributed by atoms with Crippen molar-refractivity contribution in [1.29, 1.82) is 0 Å². The zero-order valence-corrected chi connectivity index (χ0v) is 10.7. The summed E-state index contributed by atoms with van der Waals surface area (Å²) in [5.41, 5.74) is -0.216. The highest BCUT2D eigenvalue weighted by Gasteiger charge is 2.32. The lowest BCUT2D eigenvalue weighted by Gasteiger charge is -2.06. The van der Waals surface area contributed by atoms with Gasteiger partial charge in [0.15, 0.2) is 0 Å². The number of imidazole rings is 1. The molecule has 0 amide bonds. The minimum atomic E-state index is -4.44. The van der Waals surface area contributed by atoms with Gasteiger partial charge in [0.1, 0.15) is 11.5 Å². The van der Waals surface area contributed by atoms with E-state index >= 15 is 0 Å². The SMILES string of the molecule is COc1cc(C)nc(NCc2ncc(C(F)(F)F)[nH]2)n1. The first-order chi connectivity index (χ1) is 9.38. The molecule has 0 bridgehead atoms. The molecular formula is C11H12F3N5O. The fourth-order valence-electron chi connectivity index (χ4n) is 1.48. The molecule has 2 aromatic heterocycles. The molecule has 20 heavy (non-hydrogen) atoms. The Kier molecular flexibility index (Phi) is 3.77. The first-order valence-electron chi connectivity index (χ1n) is 5.63. The summed E-state index contributed by atoms with van der Waals surface area (Å²) in [7, 11) is 1.47. The predicted molar refractivity (Wildman–Crippen MR) is 64.2 cm³/mol. The summed E-state index contributed by atoms with van der Waals surface area (Å²) in [6.07, 6.45) is -3.69. The van der Waals surface area contributed by atoms with Crippen LogP contribution in [0.1, 0.15) is 17.2 Å². The lowest BCUT2D eigenvalue weighted by molar-refractivity contribution is -0.140. The van der Waals surface area contributed by atoms with Crippen LogP contribution in [-0.2, 0) is 12.7 Å². The molecule has 108 valence electrons. The molecule has 9 heteroatoms. The Bertz CT molecular complexity index is 596. The normalized spacial score (nSPS) is 11.4. The number of aromatic amines is 1. The van der Waals surface area contributed by atoms with Crippen molar-refractivity contribution in [1.82, 2.24) is 19.9 Å². The molecular weight excluding hydrogens is 275 g/mol. The molecule has 0 aliphatic carbocycles. The summed E-state index contributed by atoms with van der Waals surface area (Å²) in [4.78, 5) is 13.9. The maximum atomic E-state index is 12.4. The van der Waals surface area contributed by atoms with Crippen molar-refractivity contribution in [3.63, 3.8) is 0 Å². The first kappa shape index (κ1) is 14.1. The molecule has 2 heterocycles. The van der Waals surface area contributed by atoms with Crippen molar-refractivity contribution in [2.24, 2.45) is 0 Å². The van der Waals surface area contributed by atoms with Crippen molar-refractivity contribution in [3.8, 4) is 5.88 Å². The molecule has 0 radical (unpaired) electrons. The molecule has 0 unspecified atom stereocenters. The van der Waals surface area contributed by atoms with Crippen LogP contribution >= 0.6 is 0 Å². The van der Waals surface area contributed by atoms with Crippen LogP contribution in [0.5, 0.6) is 5.88 Å². The van der Waals surface area contributed by atoms with Crippen LogP contribution in [0.25, 0.3) is 0 Å². The zero-order chi connectivity index (χ0) is 14.8. The molecule has 0 spiro atoms. The van der Waals surface area contributed by atoms with Gasteiger partial charge in [0.25, 0.3) is 0 Å². The highest BCUT2D eigenvalue weighted by Crippen LogP contribution is 2.27. The molecule has 6 nitrogen and oxygen atoms in total. The standard InChI is InChI=1S/C11H12F3N5O/c1-6-3-9(20-2)19-10(17-6)16-5-8-15-4-7(18-8)11(12,13)14/h3-4H,5H2,1-2H3,(H,15,18)(H,16,17,19). The van der Waals surface area contributed by atoms with Gasteiger partial charge < -0.3 is 15.0 Å². The second kappa shape index (κ2) is 5.35. The summed E-state index contributed by atoms with van der Waals surface area (Å²) in [6, 6.07) is 1.64. The Hall–Kier alpha value is -2.32. The molecule has 2 rings (SSSR count). The van der Waals surface area contributed by atoms with Crippen LogP contribution in [-0.4, -0.2) is 27.0 Å². The van der Waals surface area contributed by atoms with E-state index in [0.717, 1.165) is 6.20 Å². The van der Waals surface area contributed by atoms with Gasteiger partial charge in [-0.25, -0.2) is 9.97 Å². The third kappa shape index (κ3) is 3.37. The van der Waals surface area contributed by atoms with Gasteiger partial charge in [-0.15, -0.1) is 0 Å². The third-order valence-corrected chi connectivity index (χ3v) is 2.39. The number of anilines is 1. The topological polar surface area (TPSA) is 75.7 Å². The van der Waals surface area contributed by atoms with Crippen molar-refractivity contribution < 1.29 is 17.9 Å². The summed E-state index contributed by atoms with van der Waals surface area (Å²) >= 11 is 0. The Morgan fingerprint density at radius 3 is 2.70 bits per heavy atom. The molecule has 2 N–H and O–H groups in total. The minimum absolute atomic E-state index is 0.0443. The van der Waals surface area contributed by atoms with E-state index in [1.54, 1.807) is 13.0 Å². The van der Waals surface area contributed by atoms with Crippen molar-refractivity contribution in [3.05, 3.63) is 29.5 Å². The number of methoxy groups -OCH3 is 1. The van der Waals surface area contributed by atoms with Crippen LogP contribution in [0.15, 0.2) is 12.3 Å². The van der Waals surface area contributed by atoms with E-state index in [-0.39, 0.29) is 18.3 Å². The van der Waals surface area contributed by atoms with Gasteiger partial charge >= 0.3 is 6.18 Å². The number of hydrogen-bond acceptors (Lipinski definition) is 5. The number of aromatic nitrogens is 4. The van der Waals surface area contributed by atoms with Gasteiger partial charge in [0.05, 0.1) is 19.9 Å². The predicted octanol–water partition coefficient (Wildman–Crippen LogP) is 2.15. The molecule has 0 atom stereocenters. The van der Waals surface area contributed by atoms with Crippen molar-refractivity contribution in [2.75, 3.05) is 12.4 Å². The Morgan fingerprint density at radius 1 is 1.35 bits per heavy atom. The lowest BCUT2D eigenvalue weighted by Crippen LogP contribution is -2.08. The van der Waals surface area contributed by atoms with Gasteiger partial charge in [0, 0.05) is 11.8 Å². The molecule has 0 saturated carbocycles. The quantitative estimate of drug-likeness (QED) is 0.901. The van der Waals surface area contributed by atoms with Crippen LogP contribution in [0.4, 0.5) is 19.1 Å². The van der Waals surface area contributed by atoms with Crippen LogP contribution in [0, 0.1) is 6.92 Å². The summed E-state index contributed by atoms with van der Waals surface area (Å²) in [6.45, 7) is 1.80. The van der Waals surface area contributed by atoms with Crippen LogP contribution in [0.2, 0.25) is 0 Å². The lowest BCUT2D eigenvalue weighted by atomic mass is 10.4. The number of rotatable bonds is 4. The van der Waals surface area contributed by atoms with Gasteiger partial charge in [-0.2, -0.15) is 18.2 Å². The second-order valence-corrected chi connectivity index (χ2v) is 3.97. The smallest absolute Gasteiger partial charge is 0.432 e. The number of hydrogen-bond donors (Lipinski definition) is 2. The summed E-state index contributed by atoms with van der Waals surface area (Å²) in [5.74, 6) is 0.767. The Morgan fingerprint density at radius 2 is 2.10 bits per heavy atom. The van der Waals surface area contributed by atoms with E-state index in [2.05, 4.69) is 25.3 Å². The van der Waals surface area contributed by atoms with E-state index in [1.807, 2.05) is 0 Å². The number of aryl methyl sites for hydroxylation is 1. The van der Waals surface area contributed by atoms with E-state index in [4.69, 9.17) is 4.74 Å². The highest BCUT2D eigenvalue weighted by atomic mass is 19.4. The third-order valence-electron chi connectivity index (χ3n) is 2.39. The van der Waals surface area contributed by atoms with E-state index in [9.17, 15) is 13.2 Å². The molecule has 0 fully saturated rings. The first-order valence-corrected chi connectivity index (χ1v) is 5.63. The van der Waals surface area contributed by atoms with Gasteiger partial charge in [-0.05, 0) is 6.92 Å². The largest absolute Gasteiger partial charge is 0.481 e. The minimum Gasteiger partial charge on any atom is -0.481 e. The van der Waals surface area contributed by atoms with Gasteiger partial charge in [-0.3, -0.25) is 0 Å². The Balaban J connectivity index is 2.05. The fourth-order valence-corrected chi connectivity index (χ4v) is 1.48. The Labute approximate surface area is 112 Å². The summed E-state index contributed by atoms with van der Waals surface area (Å²) in [5, 5.41) is 2.78. The zero-order valence-electron chi connectivity index (χ0n) is 10.7. The number of halogens is 3. The van der Waals surface area contributed by atoms with Gasteiger partial charge in [0.2, 0.25) is 11.8 Å². The fraction of sp³-hybridized carbons (Fsp3) is 0.364. The van der Waals surface area contributed by atoms with Gasteiger partial charge in [-0.1, -0.05) is 0 Å². The van der Waals surface area contributed by atoms with E-state index < -0.39 is 11.9 Å². The average molecular weight is 287 g/mol. The monoisotopic (exact) mass is 287 g/mol. The number of nitrogens with one attached hydrogen (secondary N) is 2. The maximum absolute atomic E-state index is 12.4. The molecule has 0 aromatic carbocycles. The number of alkyl halides is 3.